The third-order valence-electron chi connectivity index (χ3n) is 4.70. The first-order chi connectivity index (χ1) is 16.6. The van der Waals surface area contributed by atoms with Crippen molar-refractivity contribution >= 4 is 28.5 Å². The number of hydrogen-bond donors (Lipinski definition) is 0. The van der Waals surface area contributed by atoms with Crippen LogP contribution in [0.15, 0.2) is 62.3 Å². The summed E-state index contributed by atoms with van der Waals surface area (Å²) < 4.78 is 66.4. The molecule has 0 fully saturated rings. The first kappa shape index (κ1) is 24.1. The molecule has 8 nitrogen and oxygen atoms in total. The molecule has 0 spiro atoms. The van der Waals surface area contributed by atoms with Crippen LogP contribution in [0.2, 0.25) is 5.15 Å². The summed E-state index contributed by atoms with van der Waals surface area (Å²) in [4.78, 5) is 25.0. The highest BCUT2D eigenvalue weighted by Gasteiger charge is 2.40. The third kappa shape index (κ3) is 5.57. The number of nitrogens with zero attached hydrogens (tertiary/aromatic N) is 1. The van der Waals surface area contributed by atoms with Gasteiger partial charge in [-0.15, -0.1) is 0 Å². The Hall–Kier alpha value is -3.99. The van der Waals surface area contributed by atoms with E-state index in [9.17, 15) is 22.8 Å². The lowest BCUT2D eigenvalue weighted by Crippen LogP contribution is -2.15. The average Bonchev–Trinajstić information content (AvgIpc) is 3.24. The van der Waals surface area contributed by atoms with Crippen LogP contribution in [-0.4, -0.2) is 18.2 Å². The molecule has 0 atom stereocenters. The van der Waals surface area contributed by atoms with E-state index < -0.39 is 34.7 Å². The Morgan fingerprint density at radius 1 is 1.06 bits per heavy atom. The van der Waals surface area contributed by atoms with Gasteiger partial charge in [0.1, 0.15) is 28.6 Å². The van der Waals surface area contributed by atoms with Gasteiger partial charge in [0.25, 0.3) is 5.76 Å². The minimum Gasteiger partial charge on any atom is -0.497 e. The number of aromatic nitrogens is 1. The molecule has 0 radical (unpaired) electrons. The Labute approximate surface area is 199 Å². The molecule has 0 N–H and O–H groups in total. The van der Waals surface area contributed by atoms with Gasteiger partial charge in [-0.05, 0) is 36.4 Å². The van der Waals surface area contributed by atoms with Crippen molar-refractivity contribution in [3.05, 3.63) is 75.4 Å². The lowest BCUT2D eigenvalue weighted by atomic mass is 10.2. The second-order valence-corrected chi connectivity index (χ2v) is 7.50. The van der Waals surface area contributed by atoms with Gasteiger partial charge in [-0.1, -0.05) is 16.8 Å². The van der Waals surface area contributed by atoms with Gasteiger partial charge in [0.15, 0.2) is 5.15 Å². The predicted molar refractivity (Wildman–Crippen MR) is 116 cm³/mol. The highest BCUT2D eigenvalue weighted by atomic mass is 35.5. The zero-order valence-corrected chi connectivity index (χ0v) is 18.6. The predicted octanol–water partition coefficient (Wildman–Crippen LogP) is 5.79. The maximum atomic E-state index is 13.7. The van der Waals surface area contributed by atoms with Gasteiger partial charge < -0.3 is 23.2 Å². The van der Waals surface area contributed by atoms with Crippen molar-refractivity contribution in [2.75, 3.05) is 7.11 Å². The second kappa shape index (κ2) is 9.71. The van der Waals surface area contributed by atoms with Crippen LogP contribution in [0, 0.1) is 0 Å². The highest BCUT2D eigenvalue weighted by Crippen LogP contribution is 2.39. The molecule has 2 heterocycles. The van der Waals surface area contributed by atoms with Crippen LogP contribution in [0.5, 0.6) is 23.0 Å². The van der Waals surface area contributed by atoms with Gasteiger partial charge in [0.05, 0.1) is 18.9 Å². The fourth-order valence-electron chi connectivity index (χ4n) is 3.07. The first-order valence-corrected chi connectivity index (χ1v) is 10.3. The third-order valence-corrected chi connectivity index (χ3v) is 4.87. The largest absolute Gasteiger partial charge is 0.497 e. The number of alkyl halides is 3. The van der Waals surface area contributed by atoms with Gasteiger partial charge in [0, 0.05) is 18.6 Å². The van der Waals surface area contributed by atoms with E-state index in [1.165, 1.54) is 49.6 Å². The number of halogens is 4. The van der Waals surface area contributed by atoms with E-state index in [2.05, 4.69) is 5.16 Å². The molecule has 4 aromatic rings. The van der Waals surface area contributed by atoms with Gasteiger partial charge in [-0.2, -0.15) is 13.2 Å². The van der Waals surface area contributed by atoms with Crippen molar-refractivity contribution in [2.45, 2.75) is 19.0 Å². The smallest absolute Gasteiger partial charge is 0.453 e. The summed E-state index contributed by atoms with van der Waals surface area (Å²) >= 11 is 5.64. The number of carbonyl (C=O) groups is 1. The summed E-state index contributed by atoms with van der Waals surface area (Å²) in [5.74, 6) is -2.68. The number of aryl methyl sites for hydroxylation is 1. The van der Waals surface area contributed by atoms with Gasteiger partial charge in [-0.3, -0.25) is 9.59 Å². The summed E-state index contributed by atoms with van der Waals surface area (Å²) in [5.41, 5.74) is -1.48. The molecule has 0 bridgehead atoms. The molecule has 0 aliphatic carbocycles. The molecule has 35 heavy (non-hydrogen) atoms. The minimum atomic E-state index is -5.04. The van der Waals surface area contributed by atoms with Gasteiger partial charge in [-0.25, -0.2) is 0 Å². The molecule has 0 aliphatic rings. The van der Waals surface area contributed by atoms with Crippen LogP contribution in [0.4, 0.5) is 13.2 Å². The highest BCUT2D eigenvalue weighted by molar-refractivity contribution is 6.29. The Balaban J connectivity index is 1.62. The topological polar surface area (TPSA) is 101 Å². The molecule has 12 heteroatoms. The molecule has 0 unspecified atom stereocenters. The van der Waals surface area contributed by atoms with Gasteiger partial charge in [0.2, 0.25) is 11.2 Å². The van der Waals surface area contributed by atoms with Crippen LogP contribution < -0.4 is 19.6 Å². The number of methoxy groups -OCH3 is 1. The molecular formula is C23H15ClF3NO7. The van der Waals surface area contributed by atoms with Crippen LogP contribution in [0.3, 0.4) is 0 Å². The summed E-state index contributed by atoms with van der Waals surface area (Å²) in [6.07, 6.45) is -5.01. The Kier molecular flexibility index (Phi) is 6.70. The Bertz CT molecular complexity index is 1430. The molecule has 0 saturated carbocycles. The van der Waals surface area contributed by atoms with E-state index in [4.69, 9.17) is 34.8 Å². The van der Waals surface area contributed by atoms with Crippen molar-refractivity contribution in [1.29, 1.82) is 0 Å². The monoisotopic (exact) mass is 509 g/mol. The Morgan fingerprint density at radius 3 is 2.37 bits per heavy atom. The summed E-state index contributed by atoms with van der Waals surface area (Å²) in [7, 11) is 1.42. The number of benzene rings is 2. The standard InChI is InChI=1S/C23H15ClF3NO7/c1-31-12-2-4-13(5-3-12)33-21-20(30)16-8-6-14(10-17(16)34-22(21)23(25,26)27)32-19(29)9-7-15-11-18(24)28-35-15/h2-6,8,10-11H,7,9H2,1H3. The van der Waals surface area contributed by atoms with Crippen molar-refractivity contribution in [1.82, 2.24) is 5.16 Å². The Morgan fingerprint density at radius 2 is 1.74 bits per heavy atom. The number of carbonyl (C=O) groups excluding carboxylic acids is 1. The van der Waals surface area contributed by atoms with E-state index >= 15 is 0 Å². The van der Waals surface area contributed by atoms with E-state index in [1.807, 2.05) is 0 Å². The van der Waals surface area contributed by atoms with E-state index in [1.54, 1.807) is 0 Å². The summed E-state index contributed by atoms with van der Waals surface area (Å²) in [6.45, 7) is 0. The van der Waals surface area contributed by atoms with Crippen LogP contribution in [0.25, 0.3) is 11.0 Å². The van der Waals surface area contributed by atoms with E-state index in [0.717, 1.165) is 6.07 Å². The van der Waals surface area contributed by atoms with Crippen molar-refractivity contribution in [2.24, 2.45) is 0 Å². The molecule has 2 aromatic carbocycles. The molecule has 4 rings (SSSR count). The molecule has 0 aliphatic heterocycles. The van der Waals surface area contributed by atoms with Crippen molar-refractivity contribution in [3.63, 3.8) is 0 Å². The molecule has 2 aromatic heterocycles. The average molecular weight is 510 g/mol. The summed E-state index contributed by atoms with van der Waals surface area (Å²) in [6, 6.07) is 10.5. The molecule has 0 saturated heterocycles. The number of fused-ring (bicyclic) bond motifs is 1. The number of hydrogen-bond acceptors (Lipinski definition) is 8. The van der Waals surface area contributed by atoms with Crippen molar-refractivity contribution in [3.8, 4) is 23.0 Å². The van der Waals surface area contributed by atoms with Crippen LogP contribution in [-0.2, 0) is 17.4 Å². The maximum absolute atomic E-state index is 13.7. The fraction of sp³-hybridized carbons (Fsp3) is 0.174. The molecule has 0 amide bonds. The number of ether oxygens (including phenoxy) is 3. The quantitative estimate of drug-likeness (QED) is 0.228. The zero-order chi connectivity index (χ0) is 25.2. The maximum Gasteiger partial charge on any atom is 0.453 e. The van der Waals surface area contributed by atoms with E-state index in [-0.39, 0.29) is 34.9 Å². The summed E-state index contributed by atoms with van der Waals surface area (Å²) in [5, 5.41) is 3.42. The van der Waals surface area contributed by atoms with E-state index in [0.29, 0.717) is 11.5 Å². The normalized spacial score (nSPS) is 11.5. The fourth-order valence-corrected chi connectivity index (χ4v) is 3.23. The molecule has 182 valence electrons. The SMILES string of the molecule is COc1ccc(Oc2c(C(F)(F)F)oc3cc(OC(=O)CCc4cc(Cl)no4)ccc3c2=O)cc1. The number of esters is 1. The van der Waals surface area contributed by atoms with Crippen molar-refractivity contribution < 1.29 is 41.1 Å². The lowest BCUT2D eigenvalue weighted by molar-refractivity contribution is -0.154. The minimum absolute atomic E-state index is 0.0263. The number of rotatable bonds is 7. The van der Waals surface area contributed by atoms with Crippen LogP contribution >= 0.6 is 11.6 Å². The second-order valence-electron chi connectivity index (χ2n) is 7.11. The zero-order valence-electron chi connectivity index (χ0n) is 17.8. The van der Waals surface area contributed by atoms with Crippen LogP contribution in [0.1, 0.15) is 17.9 Å². The van der Waals surface area contributed by atoms with Gasteiger partial charge >= 0.3 is 12.1 Å². The molecular weight excluding hydrogens is 495 g/mol. The first-order valence-electron chi connectivity index (χ1n) is 9.96. The lowest BCUT2D eigenvalue weighted by Gasteiger charge is -2.14.